The molecule has 3 N–H and O–H groups in total. The Labute approximate surface area is 285 Å². The van der Waals surface area contributed by atoms with E-state index in [1.807, 2.05) is 6.42 Å². The molecule has 3 aliphatic carbocycles. The fourth-order valence-corrected chi connectivity index (χ4v) is 5.57. The van der Waals surface area contributed by atoms with E-state index in [-0.39, 0.29) is 87.6 Å². The van der Waals surface area contributed by atoms with Crippen molar-refractivity contribution in [3.8, 4) is 0 Å². The van der Waals surface area contributed by atoms with Gasteiger partial charge in [-0.3, -0.25) is 11.2 Å². The molecule has 1 aliphatic heterocycles. The van der Waals surface area contributed by atoms with Gasteiger partial charge in [-0.15, -0.1) is 0 Å². The number of halogens is 1. The molecule has 3 saturated carbocycles. The zero-order valence-electron chi connectivity index (χ0n) is 23.8. The van der Waals surface area contributed by atoms with E-state index < -0.39 is 29.1 Å². The average molecular weight is 613 g/mol. The Morgan fingerprint density at radius 1 is 1.02 bits per heavy atom. The zero-order chi connectivity index (χ0) is 29.1. The standard InChI is InChI=1S/C18H18FN3O5.C11H18O3.K/c19-13-7-11-14(8-15(13)20-3-5-21(6-4-20)18(26)27)22(10-1-2-10)9-12(16(11)23)17(24)25;12-11(8-4-5-9-11)14-13-10-6-2-1-3-7-10;/h7-10H,1-6H2,(H,24,25)(H,26,27);4,9-10,12H,1-3,5-8H2;/q;-2;+1. The fourth-order valence-electron chi connectivity index (χ4n) is 5.57. The Kier molecular flexibility index (Phi) is 11.5. The number of carbonyl (C=O) groups is 2. The summed E-state index contributed by atoms with van der Waals surface area (Å²) in [7, 11) is 0. The minimum Gasteiger partial charge on any atom is -0.477 e. The van der Waals surface area contributed by atoms with Crippen molar-refractivity contribution in [3.63, 3.8) is 0 Å². The van der Waals surface area contributed by atoms with Crippen LogP contribution in [0.4, 0.5) is 14.9 Å². The zero-order valence-corrected chi connectivity index (χ0v) is 27.0. The largest absolute Gasteiger partial charge is 1.00 e. The molecule has 2 aromatic rings. The molecule has 0 bridgehead atoms. The van der Waals surface area contributed by atoms with Gasteiger partial charge in [0.05, 0.1) is 17.3 Å². The third-order valence-corrected chi connectivity index (χ3v) is 8.08. The third kappa shape index (κ3) is 7.92. The number of fused-ring (bicyclic) bond motifs is 1. The van der Waals surface area contributed by atoms with Gasteiger partial charge in [-0.05, 0) is 37.8 Å². The maximum Gasteiger partial charge on any atom is 1.00 e. The van der Waals surface area contributed by atoms with Crippen LogP contribution in [0.5, 0.6) is 0 Å². The minimum atomic E-state index is -1.33. The van der Waals surface area contributed by atoms with E-state index in [9.17, 15) is 29.0 Å². The molecule has 42 heavy (non-hydrogen) atoms. The van der Waals surface area contributed by atoms with E-state index in [1.165, 1.54) is 30.4 Å². The van der Waals surface area contributed by atoms with Crippen molar-refractivity contribution in [2.24, 2.45) is 0 Å². The number of hydrogen-bond acceptors (Lipinski definition) is 7. The number of carboxylic acid groups (broad SMARTS) is 2. The molecule has 224 valence electrons. The molecule has 0 radical (unpaired) electrons. The first-order valence-corrected chi connectivity index (χ1v) is 14.2. The molecule has 1 aromatic carbocycles. The van der Waals surface area contributed by atoms with E-state index in [4.69, 9.17) is 14.9 Å². The molecule has 6 rings (SSSR count). The van der Waals surface area contributed by atoms with Gasteiger partial charge >= 0.3 is 63.4 Å². The van der Waals surface area contributed by atoms with Crippen LogP contribution in [0.25, 0.3) is 10.9 Å². The number of aromatic carboxylic acids is 1. The van der Waals surface area contributed by atoms with Crippen LogP contribution in [-0.4, -0.2) is 74.9 Å². The molecule has 1 saturated heterocycles. The van der Waals surface area contributed by atoms with Crippen LogP contribution < -0.4 is 61.7 Å². The summed E-state index contributed by atoms with van der Waals surface area (Å²) in [6, 6.07) is 2.78. The Morgan fingerprint density at radius 2 is 1.71 bits per heavy atom. The van der Waals surface area contributed by atoms with Crippen molar-refractivity contribution in [1.82, 2.24) is 9.47 Å². The van der Waals surface area contributed by atoms with Gasteiger partial charge in [0.1, 0.15) is 11.4 Å². The minimum absolute atomic E-state index is 0. The second-order valence-electron chi connectivity index (χ2n) is 11.1. The summed E-state index contributed by atoms with van der Waals surface area (Å²) in [6.07, 6.45) is 13.2. The van der Waals surface area contributed by atoms with Gasteiger partial charge < -0.3 is 42.5 Å². The Bertz CT molecular complexity index is 1330. The normalized spacial score (nSPS) is 22.8. The second kappa shape index (κ2) is 14.5. The number of nitrogens with zero attached hydrogens (tertiary/aromatic N) is 3. The van der Waals surface area contributed by atoms with Crippen molar-refractivity contribution < 1.29 is 90.5 Å². The summed E-state index contributed by atoms with van der Waals surface area (Å²) in [5.41, 5.74) is -0.263. The van der Waals surface area contributed by atoms with Crippen molar-refractivity contribution >= 4 is 28.7 Å². The summed E-state index contributed by atoms with van der Waals surface area (Å²) >= 11 is 0. The number of amides is 1. The van der Waals surface area contributed by atoms with Crippen LogP contribution in [0.15, 0.2) is 23.1 Å². The van der Waals surface area contributed by atoms with Crippen molar-refractivity contribution in [1.29, 1.82) is 0 Å². The summed E-state index contributed by atoms with van der Waals surface area (Å²) in [6.45, 7) is 1.21. The maximum atomic E-state index is 14.8. The summed E-state index contributed by atoms with van der Waals surface area (Å²) in [5.74, 6) is -3.10. The number of aromatic nitrogens is 1. The van der Waals surface area contributed by atoms with Crippen LogP contribution in [0.1, 0.15) is 74.2 Å². The number of benzene rings is 1. The molecule has 1 amide bonds. The van der Waals surface area contributed by atoms with E-state index in [1.54, 1.807) is 22.0 Å². The van der Waals surface area contributed by atoms with E-state index in [0.717, 1.165) is 38.2 Å². The van der Waals surface area contributed by atoms with Crippen LogP contribution in [-0.2, 0) is 9.78 Å². The summed E-state index contributed by atoms with van der Waals surface area (Å²) in [4.78, 5) is 48.3. The first-order chi connectivity index (χ1) is 19.6. The summed E-state index contributed by atoms with van der Waals surface area (Å²) < 4.78 is 16.5. The van der Waals surface area contributed by atoms with Gasteiger partial charge in [-0.1, -0.05) is 19.3 Å². The average Bonchev–Trinajstić information content (AvgIpc) is 3.72. The number of pyridine rings is 1. The number of aliphatic hydroxyl groups is 1. The van der Waals surface area contributed by atoms with Gasteiger partial charge in [0.25, 0.3) is 0 Å². The third-order valence-electron chi connectivity index (χ3n) is 8.08. The topological polar surface area (TPSA) is 142 Å². The Morgan fingerprint density at radius 3 is 2.29 bits per heavy atom. The van der Waals surface area contributed by atoms with Gasteiger partial charge in [0.15, 0.2) is 0 Å². The van der Waals surface area contributed by atoms with Gasteiger partial charge in [-0.25, -0.2) is 23.8 Å². The van der Waals surface area contributed by atoms with E-state index in [2.05, 4.69) is 0 Å². The predicted molar refractivity (Wildman–Crippen MR) is 147 cm³/mol. The molecule has 4 fully saturated rings. The van der Waals surface area contributed by atoms with Crippen molar-refractivity contribution in [3.05, 3.63) is 52.8 Å². The van der Waals surface area contributed by atoms with Gasteiger partial charge in [0, 0.05) is 49.6 Å². The number of rotatable bonds is 6. The molecule has 2 heterocycles. The fraction of sp³-hybridized carbons (Fsp3) is 0.552. The number of hydrogen-bond donors (Lipinski definition) is 3. The van der Waals surface area contributed by atoms with Crippen LogP contribution >= 0.6 is 0 Å². The molecular formula is C29H36FKN3O8-. The smallest absolute Gasteiger partial charge is 0.477 e. The molecular weight excluding hydrogens is 576 g/mol. The van der Waals surface area contributed by atoms with E-state index >= 15 is 0 Å². The molecule has 1 aromatic heterocycles. The predicted octanol–water partition coefficient (Wildman–Crippen LogP) is 1.14. The van der Waals surface area contributed by atoms with Crippen molar-refractivity contribution in [2.75, 3.05) is 31.1 Å². The molecule has 4 aliphatic rings. The quantitative estimate of drug-likeness (QED) is 0.144. The van der Waals surface area contributed by atoms with E-state index in [0.29, 0.717) is 30.7 Å². The van der Waals surface area contributed by atoms with Gasteiger partial charge in [0.2, 0.25) is 5.43 Å². The molecule has 0 spiro atoms. The van der Waals surface area contributed by atoms with Crippen LogP contribution in [0, 0.1) is 18.7 Å². The number of piperazine rings is 1. The molecule has 1 atom stereocenters. The molecule has 13 heteroatoms. The first-order valence-electron chi connectivity index (χ1n) is 14.2. The number of anilines is 1. The Hall–Kier alpha value is -1.58. The first kappa shape index (κ1) is 33.3. The molecule has 1 unspecified atom stereocenters. The summed E-state index contributed by atoms with van der Waals surface area (Å²) in [5, 5.41) is 28.2. The van der Waals surface area contributed by atoms with Crippen molar-refractivity contribution in [2.45, 2.75) is 75.7 Å². The Balaban J connectivity index is 0.000000228. The SMILES string of the molecule is O=C(O)c1cn(C2CC2)c2cc(N3CCN(C(=O)O)CC3)c(F)cc2c1=O.OC1(OOC2CCCCC2)[CH-]C[CH-]C1.[K+]. The maximum absolute atomic E-state index is 14.8. The van der Waals surface area contributed by atoms with Crippen LogP contribution in [0.2, 0.25) is 0 Å². The van der Waals surface area contributed by atoms with Gasteiger partial charge in [-0.2, -0.15) is 6.42 Å². The second-order valence-corrected chi connectivity index (χ2v) is 11.1. The monoisotopic (exact) mass is 612 g/mol. The molecule has 11 nitrogen and oxygen atoms in total. The van der Waals surface area contributed by atoms with Crippen LogP contribution in [0.3, 0.4) is 0 Å². The number of carboxylic acids is 1.